The molecule has 0 saturated heterocycles. The minimum Gasteiger partial charge on any atom is -0.326 e. The van der Waals surface area contributed by atoms with Gasteiger partial charge >= 0.3 is 0 Å². The number of anilines is 1. The molecule has 2 aromatic rings. The van der Waals surface area contributed by atoms with E-state index in [2.05, 4.69) is 5.32 Å². The molecule has 1 N–H and O–H groups in total. The molecule has 22 heavy (non-hydrogen) atoms. The molecule has 0 bridgehead atoms. The first-order chi connectivity index (χ1) is 10.6. The van der Waals surface area contributed by atoms with Crippen molar-refractivity contribution in [3.8, 4) is 0 Å². The second kappa shape index (κ2) is 7.76. The summed E-state index contributed by atoms with van der Waals surface area (Å²) in [6, 6.07) is 14.4. The van der Waals surface area contributed by atoms with Crippen molar-refractivity contribution < 1.29 is 9.59 Å². The Labute approximate surface area is 135 Å². The molecule has 2 aromatic carbocycles. The SMILES string of the molecule is CCc1ccccc1NC(=O)CCC(=O)c1ccc(Cl)cc1. The van der Waals surface area contributed by atoms with Gasteiger partial charge in [-0.15, -0.1) is 0 Å². The number of amides is 1. The normalized spacial score (nSPS) is 10.3. The van der Waals surface area contributed by atoms with E-state index >= 15 is 0 Å². The van der Waals surface area contributed by atoms with Crippen molar-refractivity contribution >= 4 is 29.0 Å². The lowest BCUT2D eigenvalue weighted by Gasteiger charge is -2.09. The summed E-state index contributed by atoms with van der Waals surface area (Å²) in [5.41, 5.74) is 2.47. The number of ketones is 1. The number of aryl methyl sites for hydroxylation is 1. The Morgan fingerprint density at radius 3 is 2.36 bits per heavy atom. The zero-order valence-corrected chi connectivity index (χ0v) is 13.2. The number of carbonyl (C=O) groups excluding carboxylic acids is 2. The van der Waals surface area contributed by atoms with E-state index < -0.39 is 0 Å². The van der Waals surface area contributed by atoms with Crippen LogP contribution in [0.3, 0.4) is 0 Å². The molecule has 0 fully saturated rings. The number of hydrogen-bond acceptors (Lipinski definition) is 2. The predicted molar refractivity (Wildman–Crippen MR) is 89.5 cm³/mol. The predicted octanol–water partition coefficient (Wildman–Crippen LogP) is 4.50. The van der Waals surface area contributed by atoms with E-state index in [1.807, 2.05) is 31.2 Å². The smallest absolute Gasteiger partial charge is 0.224 e. The van der Waals surface area contributed by atoms with Gasteiger partial charge in [0.05, 0.1) is 0 Å². The van der Waals surface area contributed by atoms with Crippen LogP contribution in [-0.2, 0) is 11.2 Å². The number of nitrogens with one attached hydrogen (secondary N) is 1. The van der Waals surface area contributed by atoms with Gasteiger partial charge in [0.2, 0.25) is 5.91 Å². The molecule has 2 rings (SSSR count). The quantitative estimate of drug-likeness (QED) is 0.797. The summed E-state index contributed by atoms with van der Waals surface area (Å²) < 4.78 is 0. The lowest BCUT2D eigenvalue weighted by molar-refractivity contribution is -0.116. The highest BCUT2D eigenvalue weighted by atomic mass is 35.5. The fourth-order valence-electron chi connectivity index (χ4n) is 2.17. The second-order valence-corrected chi connectivity index (χ2v) is 5.43. The summed E-state index contributed by atoms with van der Waals surface area (Å²) in [5.74, 6) is -0.209. The van der Waals surface area contributed by atoms with Gasteiger partial charge in [0.1, 0.15) is 0 Å². The first-order valence-electron chi connectivity index (χ1n) is 7.26. The average molecular weight is 316 g/mol. The van der Waals surface area contributed by atoms with Gasteiger partial charge in [-0.05, 0) is 42.3 Å². The third-order valence-electron chi connectivity index (χ3n) is 3.42. The van der Waals surface area contributed by atoms with Crippen LogP contribution in [0.1, 0.15) is 35.7 Å². The number of benzene rings is 2. The lowest BCUT2D eigenvalue weighted by atomic mass is 10.1. The van der Waals surface area contributed by atoms with Crippen molar-refractivity contribution in [2.75, 3.05) is 5.32 Å². The maximum atomic E-state index is 12.0. The van der Waals surface area contributed by atoms with Crippen LogP contribution < -0.4 is 5.32 Å². The maximum absolute atomic E-state index is 12.0. The molecule has 4 heteroatoms. The Balaban J connectivity index is 1.90. The summed E-state index contributed by atoms with van der Waals surface area (Å²) in [5, 5.41) is 3.45. The zero-order chi connectivity index (χ0) is 15.9. The Hall–Kier alpha value is -2.13. The Morgan fingerprint density at radius 2 is 1.68 bits per heavy atom. The molecule has 0 aromatic heterocycles. The molecule has 0 spiro atoms. The van der Waals surface area contributed by atoms with Crippen LogP contribution in [-0.4, -0.2) is 11.7 Å². The third-order valence-corrected chi connectivity index (χ3v) is 3.67. The van der Waals surface area contributed by atoms with Crippen molar-refractivity contribution in [2.24, 2.45) is 0 Å². The topological polar surface area (TPSA) is 46.2 Å². The zero-order valence-electron chi connectivity index (χ0n) is 12.4. The standard InChI is InChI=1S/C18H18ClNO2/c1-2-13-5-3-4-6-16(13)20-18(22)12-11-17(21)14-7-9-15(19)10-8-14/h3-10H,2,11-12H2,1H3,(H,20,22). The van der Waals surface area contributed by atoms with Crippen molar-refractivity contribution in [1.29, 1.82) is 0 Å². The van der Waals surface area contributed by atoms with Crippen molar-refractivity contribution in [3.05, 3.63) is 64.7 Å². The molecule has 0 saturated carbocycles. The molecule has 0 unspecified atom stereocenters. The molecule has 0 radical (unpaired) electrons. The molecule has 0 atom stereocenters. The minimum absolute atomic E-state index is 0.0596. The molecule has 0 aliphatic carbocycles. The fourth-order valence-corrected chi connectivity index (χ4v) is 2.30. The Morgan fingerprint density at radius 1 is 1.00 bits per heavy atom. The molecular weight excluding hydrogens is 298 g/mol. The number of hydrogen-bond donors (Lipinski definition) is 1. The molecule has 0 heterocycles. The minimum atomic E-state index is -0.150. The fraction of sp³-hybridized carbons (Fsp3) is 0.222. The highest BCUT2D eigenvalue weighted by Gasteiger charge is 2.10. The molecular formula is C18H18ClNO2. The maximum Gasteiger partial charge on any atom is 0.224 e. The van der Waals surface area contributed by atoms with Gasteiger partial charge in [-0.25, -0.2) is 0 Å². The van der Waals surface area contributed by atoms with Crippen LogP contribution in [0.5, 0.6) is 0 Å². The second-order valence-electron chi connectivity index (χ2n) is 4.99. The van der Waals surface area contributed by atoms with E-state index in [9.17, 15) is 9.59 Å². The monoisotopic (exact) mass is 315 g/mol. The van der Waals surface area contributed by atoms with E-state index in [1.165, 1.54) is 0 Å². The summed E-state index contributed by atoms with van der Waals surface area (Å²) in [6.45, 7) is 2.04. The van der Waals surface area contributed by atoms with E-state index in [4.69, 9.17) is 11.6 Å². The van der Waals surface area contributed by atoms with E-state index in [0.717, 1.165) is 17.7 Å². The van der Waals surface area contributed by atoms with Crippen LogP contribution in [0.25, 0.3) is 0 Å². The van der Waals surface area contributed by atoms with Crippen molar-refractivity contribution in [2.45, 2.75) is 26.2 Å². The Kier molecular flexibility index (Phi) is 5.73. The summed E-state index contributed by atoms with van der Waals surface area (Å²) in [7, 11) is 0. The summed E-state index contributed by atoms with van der Waals surface area (Å²) in [6.07, 6.45) is 1.20. The number of rotatable bonds is 6. The van der Waals surface area contributed by atoms with Gasteiger partial charge < -0.3 is 5.32 Å². The number of carbonyl (C=O) groups is 2. The molecule has 0 aliphatic rings. The molecule has 3 nitrogen and oxygen atoms in total. The van der Waals surface area contributed by atoms with Gasteiger partial charge in [0, 0.05) is 29.1 Å². The highest BCUT2D eigenvalue weighted by molar-refractivity contribution is 6.30. The van der Waals surface area contributed by atoms with Crippen LogP contribution in [0, 0.1) is 0 Å². The van der Waals surface area contributed by atoms with Crippen molar-refractivity contribution in [3.63, 3.8) is 0 Å². The van der Waals surface area contributed by atoms with Gasteiger partial charge in [-0.3, -0.25) is 9.59 Å². The highest BCUT2D eigenvalue weighted by Crippen LogP contribution is 2.16. The molecule has 1 amide bonds. The number of Topliss-reactive ketones (excluding diaryl/α,β-unsaturated/α-hetero) is 1. The average Bonchev–Trinajstić information content (AvgIpc) is 2.54. The van der Waals surface area contributed by atoms with Crippen LogP contribution in [0.4, 0.5) is 5.69 Å². The number of para-hydroxylation sites is 1. The summed E-state index contributed by atoms with van der Waals surface area (Å²) >= 11 is 5.79. The van der Waals surface area contributed by atoms with Crippen LogP contribution in [0.2, 0.25) is 5.02 Å². The van der Waals surface area contributed by atoms with E-state index in [0.29, 0.717) is 10.6 Å². The lowest BCUT2D eigenvalue weighted by Crippen LogP contribution is -2.14. The molecule has 114 valence electrons. The first-order valence-corrected chi connectivity index (χ1v) is 7.64. The van der Waals surface area contributed by atoms with Gasteiger partial charge in [-0.1, -0.05) is 36.7 Å². The van der Waals surface area contributed by atoms with Crippen LogP contribution in [0.15, 0.2) is 48.5 Å². The first kappa shape index (κ1) is 16.2. The van der Waals surface area contributed by atoms with E-state index in [1.54, 1.807) is 24.3 Å². The van der Waals surface area contributed by atoms with Gasteiger partial charge in [0.15, 0.2) is 5.78 Å². The third kappa shape index (κ3) is 4.43. The summed E-state index contributed by atoms with van der Waals surface area (Å²) in [4.78, 5) is 24.0. The van der Waals surface area contributed by atoms with Gasteiger partial charge in [-0.2, -0.15) is 0 Å². The van der Waals surface area contributed by atoms with E-state index in [-0.39, 0.29) is 24.5 Å². The Bertz CT molecular complexity index is 665. The largest absolute Gasteiger partial charge is 0.326 e. The molecule has 0 aliphatic heterocycles. The van der Waals surface area contributed by atoms with Crippen LogP contribution >= 0.6 is 11.6 Å². The van der Waals surface area contributed by atoms with Crippen molar-refractivity contribution in [1.82, 2.24) is 0 Å². The number of halogens is 1. The van der Waals surface area contributed by atoms with Gasteiger partial charge in [0.25, 0.3) is 0 Å².